The predicted octanol–water partition coefficient (Wildman–Crippen LogP) is 5.58. The first-order valence-electron chi connectivity index (χ1n) is 6.78. The molecule has 0 aromatic rings. The van der Waals surface area contributed by atoms with Crippen LogP contribution in [0.2, 0.25) is 0 Å². The van der Waals surface area contributed by atoms with Crippen molar-refractivity contribution >= 4 is 15.8 Å². The average molecular weight is 457 g/mol. The van der Waals surface area contributed by atoms with Crippen molar-refractivity contribution in [3.8, 4) is 0 Å². The Hall–Kier alpha value is 1.55. The fourth-order valence-corrected chi connectivity index (χ4v) is 8.75. The van der Waals surface area contributed by atoms with Crippen LogP contribution in [0.5, 0.6) is 0 Å². The third-order valence-electron chi connectivity index (χ3n) is 3.27. The Morgan fingerprint density at radius 1 is 0.529 bits per heavy atom. The molecule has 0 N–H and O–H groups in total. The van der Waals surface area contributed by atoms with Crippen LogP contribution in [-0.4, -0.2) is 35.0 Å². The van der Waals surface area contributed by atoms with E-state index in [1.54, 1.807) is 0 Å². The Morgan fingerprint density at radius 2 is 0.706 bits per heavy atom. The minimum atomic E-state index is 0. The van der Waals surface area contributed by atoms with E-state index >= 15 is 0 Å². The fourth-order valence-electron chi connectivity index (χ4n) is 2.46. The van der Waals surface area contributed by atoms with Crippen molar-refractivity contribution in [1.29, 1.82) is 0 Å². The Kier molecular flexibility index (Phi) is 12.7. The van der Waals surface area contributed by atoms with Gasteiger partial charge in [-0.1, -0.05) is 55.4 Å². The third kappa shape index (κ3) is 8.34. The standard InChI is InChI=1S/C14H32P2.Pt/c1-11(2)15(12(3)4)9-10-16(13(5)6)14(7)8;/h11-14H,9-10H2,1-8H3;. The van der Waals surface area contributed by atoms with Crippen LogP contribution >= 0.6 is 15.8 Å². The van der Waals surface area contributed by atoms with Gasteiger partial charge in [0.05, 0.1) is 0 Å². The van der Waals surface area contributed by atoms with E-state index in [2.05, 4.69) is 55.4 Å². The van der Waals surface area contributed by atoms with E-state index in [1.165, 1.54) is 12.3 Å². The van der Waals surface area contributed by atoms with Crippen LogP contribution in [0.4, 0.5) is 0 Å². The first-order chi connectivity index (χ1) is 7.27. The molecule has 0 aromatic heterocycles. The third-order valence-corrected chi connectivity index (χ3v) is 10.4. The van der Waals surface area contributed by atoms with Gasteiger partial charge in [0, 0.05) is 21.1 Å². The van der Waals surface area contributed by atoms with E-state index in [-0.39, 0.29) is 36.9 Å². The maximum absolute atomic E-state index is 2.42. The van der Waals surface area contributed by atoms with E-state index < -0.39 is 0 Å². The summed E-state index contributed by atoms with van der Waals surface area (Å²) in [6.45, 7) is 19.3. The fraction of sp³-hybridized carbons (Fsp3) is 1.00. The molecule has 0 saturated carbocycles. The van der Waals surface area contributed by atoms with Gasteiger partial charge in [0.15, 0.2) is 0 Å². The normalized spacial score (nSPS) is 12.4. The molecule has 0 fully saturated rings. The summed E-state index contributed by atoms with van der Waals surface area (Å²) in [7, 11) is 0.511. The largest absolute Gasteiger partial charge is 0.101 e. The summed E-state index contributed by atoms with van der Waals surface area (Å²) in [5, 5.41) is 0. The van der Waals surface area contributed by atoms with Gasteiger partial charge in [-0.15, -0.1) is 15.8 Å². The second-order valence-corrected chi connectivity index (χ2v) is 12.9. The Morgan fingerprint density at radius 3 is 0.824 bits per heavy atom. The van der Waals surface area contributed by atoms with Crippen molar-refractivity contribution in [2.75, 3.05) is 12.3 Å². The number of hydrogen-bond donors (Lipinski definition) is 0. The summed E-state index contributed by atoms with van der Waals surface area (Å²) in [5.74, 6) is 0. The molecule has 3 heteroatoms. The molecule has 108 valence electrons. The van der Waals surface area contributed by atoms with Crippen molar-refractivity contribution in [2.24, 2.45) is 0 Å². The molecule has 0 nitrogen and oxygen atoms in total. The van der Waals surface area contributed by atoms with Gasteiger partial charge >= 0.3 is 0 Å². The summed E-state index contributed by atoms with van der Waals surface area (Å²) in [5.41, 5.74) is 3.63. The number of rotatable bonds is 7. The number of hydrogen-bond acceptors (Lipinski definition) is 0. The molecule has 0 aliphatic heterocycles. The van der Waals surface area contributed by atoms with Crippen LogP contribution < -0.4 is 0 Å². The topological polar surface area (TPSA) is 0 Å². The monoisotopic (exact) mass is 457 g/mol. The van der Waals surface area contributed by atoms with Gasteiger partial charge in [0.2, 0.25) is 0 Å². The van der Waals surface area contributed by atoms with E-state index in [0.717, 1.165) is 22.6 Å². The second-order valence-electron chi connectivity index (χ2n) is 5.85. The van der Waals surface area contributed by atoms with Crippen molar-refractivity contribution in [3.63, 3.8) is 0 Å². The molecule has 17 heavy (non-hydrogen) atoms. The van der Waals surface area contributed by atoms with Gasteiger partial charge < -0.3 is 0 Å². The zero-order valence-corrected chi connectivity index (χ0v) is 17.0. The van der Waals surface area contributed by atoms with Crippen molar-refractivity contribution in [3.05, 3.63) is 0 Å². The van der Waals surface area contributed by atoms with E-state index in [1.807, 2.05) is 0 Å². The first-order valence-corrected chi connectivity index (χ1v) is 10.1. The summed E-state index contributed by atoms with van der Waals surface area (Å²) in [6.07, 6.45) is 3.01. The van der Waals surface area contributed by atoms with E-state index in [9.17, 15) is 0 Å². The van der Waals surface area contributed by atoms with Crippen LogP contribution in [0, 0.1) is 0 Å². The second kappa shape index (κ2) is 10.3. The molecule has 0 heterocycles. The molecule has 0 aliphatic carbocycles. The van der Waals surface area contributed by atoms with Crippen LogP contribution in [0.3, 0.4) is 0 Å². The first kappa shape index (κ1) is 20.9. The van der Waals surface area contributed by atoms with Gasteiger partial charge in [-0.25, -0.2) is 0 Å². The molecular formula is C14H32P2Pt. The average Bonchev–Trinajstić information content (AvgIpc) is 2.09. The van der Waals surface area contributed by atoms with Crippen molar-refractivity contribution in [2.45, 2.75) is 78.0 Å². The summed E-state index contributed by atoms with van der Waals surface area (Å²) in [4.78, 5) is 0. The zero-order chi connectivity index (χ0) is 12.9. The molecule has 0 spiro atoms. The molecule has 0 unspecified atom stereocenters. The SMILES string of the molecule is CC(C)P(CCP(C(C)C)C(C)C)C(C)C.[Pt]. The van der Waals surface area contributed by atoms with Gasteiger partial charge in [-0.2, -0.15) is 0 Å². The summed E-state index contributed by atoms with van der Waals surface area (Å²) < 4.78 is 0. The molecule has 0 saturated heterocycles. The van der Waals surface area contributed by atoms with E-state index in [4.69, 9.17) is 0 Å². The Balaban J connectivity index is 0. The maximum Gasteiger partial charge on any atom is 0 e. The molecule has 0 amide bonds. The molecular weight excluding hydrogens is 425 g/mol. The van der Waals surface area contributed by atoms with Crippen LogP contribution in [-0.2, 0) is 21.1 Å². The quantitative estimate of drug-likeness (QED) is 0.438. The molecule has 0 aliphatic rings. The van der Waals surface area contributed by atoms with Crippen molar-refractivity contribution < 1.29 is 21.1 Å². The van der Waals surface area contributed by atoms with Crippen molar-refractivity contribution in [1.82, 2.24) is 0 Å². The summed E-state index contributed by atoms with van der Waals surface area (Å²) in [6, 6.07) is 0. The van der Waals surface area contributed by atoms with Gasteiger partial charge in [-0.3, -0.25) is 0 Å². The summed E-state index contributed by atoms with van der Waals surface area (Å²) >= 11 is 0. The smallest absolute Gasteiger partial charge is 0 e. The molecule has 0 atom stereocenters. The molecule has 0 radical (unpaired) electrons. The van der Waals surface area contributed by atoms with Crippen LogP contribution in [0.1, 0.15) is 55.4 Å². The van der Waals surface area contributed by atoms with Gasteiger partial charge in [-0.05, 0) is 35.0 Å². The van der Waals surface area contributed by atoms with Gasteiger partial charge in [0.25, 0.3) is 0 Å². The van der Waals surface area contributed by atoms with Gasteiger partial charge in [0.1, 0.15) is 0 Å². The van der Waals surface area contributed by atoms with Crippen LogP contribution in [0.25, 0.3) is 0 Å². The molecule has 0 bridgehead atoms. The Labute approximate surface area is 127 Å². The minimum Gasteiger partial charge on any atom is -0.101 e. The minimum absolute atomic E-state index is 0. The molecule has 0 rings (SSSR count). The zero-order valence-electron chi connectivity index (χ0n) is 12.9. The Bertz CT molecular complexity index is 143. The maximum atomic E-state index is 2.42. The van der Waals surface area contributed by atoms with Crippen LogP contribution in [0.15, 0.2) is 0 Å². The molecule has 0 aromatic carbocycles. The predicted molar refractivity (Wildman–Crippen MR) is 84.1 cm³/mol. The van der Waals surface area contributed by atoms with E-state index in [0.29, 0.717) is 0 Å².